The summed E-state index contributed by atoms with van der Waals surface area (Å²) >= 11 is 0. The van der Waals surface area contributed by atoms with Gasteiger partial charge in [0, 0.05) is 23.5 Å². The Labute approximate surface area is 124 Å². The van der Waals surface area contributed by atoms with Crippen molar-refractivity contribution in [3.8, 4) is 11.3 Å². The molecule has 0 spiro atoms. The summed E-state index contributed by atoms with van der Waals surface area (Å²) in [6.45, 7) is 5.29. The van der Waals surface area contributed by atoms with Crippen molar-refractivity contribution in [2.75, 3.05) is 0 Å². The molecule has 0 aliphatic carbocycles. The van der Waals surface area contributed by atoms with Crippen molar-refractivity contribution >= 4 is 11.3 Å². The Hall–Kier alpha value is -3.03. The zero-order valence-corrected chi connectivity index (χ0v) is 12.2. The van der Waals surface area contributed by atoms with E-state index in [2.05, 4.69) is 15.1 Å². The van der Waals surface area contributed by atoms with E-state index in [1.54, 1.807) is 20.8 Å². The lowest BCUT2D eigenvalue weighted by Gasteiger charge is -2.04. The van der Waals surface area contributed by atoms with Crippen molar-refractivity contribution in [2.24, 2.45) is 0 Å². The Morgan fingerprint density at radius 3 is 2.64 bits per heavy atom. The van der Waals surface area contributed by atoms with Gasteiger partial charge in [0.1, 0.15) is 6.20 Å². The summed E-state index contributed by atoms with van der Waals surface area (Å²) in [6, 6.07) is 2.89. The minimum absolute atomic E-state index is 0.0694. The summed E-state index contributed by atoms with van der Waals surface area (Å²) in [5.74, 6) is 0. The van der Waals surface area contributed by atoms with Crippen LogP contribution in [0.2, 0.25) is 0 Å². The molecule has 0 atom stereocenters. The summed E-state index contributed by atoms with van der Waals surface area (Å²) in [5.41, 5.74) is 3.40. The van der Waals surface area contributed by atoms with Gasteiger partial charge in [0.15, 0.2) is 5.65 Å². The molecular formula is C14H13N5O3. The highest BCUT2D eigenvalue weighted by Gasteiger charge is 2.18. The van der Waals surface area contributed by atoms with Crippen LogP contribution in [0.15, 0.2) is 23.1 Å². The van der Waals surface area contributed by atoms with Gasteiger partial charge < -0.3 is 0 Å². The predicted octanol–water partition coefficient (Wildman–Crippen LogP) is 1.92. The molecule has 0 aromatic carbocycles. The maximum absolute atomic E-state index is 12.0. The van der Waals surface area contributed by atoms with Gasteiger partial charge in [-0.15, -0.1) is 0 Å². The first-order valence-electron chi connectivity index (χ1n) is 6.59. The fourth-order valence-corrected chi connectivity index (χ4v) is 2.47. The van der Waals surface area contributed by atoms with Crippen LogP contribution in [0.3, 0.4) is 0 Å². The number of H-pyrrole nitrogens is 1. The summed E-state index contributed by atoms with van der Waals surface area (Å²) in [5, 5.41) is 13.8. The lowest BCUT2D eigenvalue weighted by Crippen LogP contribution is -2.14. The second-order valence-corrected chi connectivity index (χ2v) is 5.12. The third-order valence-electron chi connectivity index (χ3n) is 3.44. The molecule has 8 heteroatoms. The molecule has 0 bridgehead atoms. The molecule has 3 aromatic heterocycles. The van der Waals surface area contributed by atoms with Gasteiger partial charge in [-0.2, -0.15) is 0 Å². The lowest BCUT2D eigenvalue weighted by atomic mass is 10.1. The Morgan fingerprint density at radius 2 is 2.00 bits per heavy atom. The van der Waals surface area contributed by atoms with Crippen LogP contribution in [0.5, 0.6) is 0 Å². The molecule has 0 fully saturated rings. The van der Waals surface area contributed by atoms with Crippen molar-refractivity contribution in [3.63, 3.8) is 0 Å². The first-order valence-corrected chi connectivity index (χ1v) is 6.59. The molecule has 112 valence electrons. The van der Waals surface area contributed by atoms with Gasteiger partial charge in [0.05, 0.1) is 16.2 Å². The summed E-state index contributed by atoms with van der Waals surface area (Å²) in [7, 11) is 0. The largest absolute Gasteiger partial charge is 0.293 e. The Morgan fingerprint density at radius 1 is 1.27 bits per heavy atom. The smallest absolute Gasteiger partial charge is 0.287 e. The van der Waals surface area contributed by atoms with Crippen LogP contribution in [0, 0.1) is 30.9 Å². The van der Waals surface area contributed by atoms with Crippen LogP contribution < -0.4 is 5.56 Å². The molecule has 0 saturated heterocycles. The molecule has 1 N–H and O–H groups in total. The fraction of sp³-hybridized carbons (Fsp3) is 0.214. The van der Waals surface area contributed by atoms with E-state index < -0.39 is 4.92 Å². The van der Waals surface area contributed by atoms with Crippen molar-refractivity contribution in [3.05, 3.63) is 55.7 Å². The van der Waals surface area contributed by atoms with Crippen LogP contribution in [0.25, 0.3) is 16.9 Å². The van der Waals surface area contributed by atoms with Gasteiger partial charge in [-0.05, 0) is 26.3 Å². The highest BCUT2D eigenvalue weighted by atomic mass is 16.6. The van der Waals surface area contributed by atoms with E-state index in [0.717, 1.165) is 5.69 Å². The molecule has 0 aliphatic heterocycles. The number of nitrogens with one attached hydrogen (secondary N) is 1. The molecular weight excluding hydrogens is 286 g/mol. The molecule has 0 amide bonds. The molecule has 0 radical (unpaired) electrons. The zero-order valence-electron chi connectivity index (χ0n) is 12.2. The van der Waals surface area contributed by atoms with E-state index in [1.165, 1.54) is 22.8 Å². The van der Waals surface area contributed by atoms with E-state index in [1.807, 2.05) is 0 Å². The molecule has 0 saturated carbocycles. The Bertz CT molecular complexity index is 971. The maximum atomic E-state index is 12.0. The van der Waals surface area contributed by atoms with Crippen molar-refractivity contribution in [1.29, 1.82) is 0 Å². The minimum atomic E-state index is -0.487. The fourth-order valence-electron chi connectivity index (χ4n) is 2.47. The standard InChI is InChI=1S/C14H13N5O3/c1-7-4-10(19(21)22)6-15-13(7)12-9(3)17-18-11(20)5-8(2)16-14(12)18/h4-6,17H,1-3H3. The number of aryl methyl sites for hydroxylation is 3. The zero-order chi connectivity index (χ0) is 16.0. The summed E-state index contributed by atoms with van der Waals surface area (Å²) in [4.78, 5) is 30.9. The Kier molecular flexibility index (Phi) is 3.01. The normalized spacial score (nSPS) is 11.0. The third-order valence-corrected chi connectivity index (χ3v) is 3.44. The number of nitrogens with zero attached hydrogens (tertiary/aromatic N) is 4. The number of aromatic amines is 1. The van der Waals surface area contributed by atoms with Crippen molar-refractivity contribution < 1.29 is 4.92 Å². The van der Waals surface area contributed by atoms with Gasteiger partial charge in [0.25, 0.3) is 11.2 Å². The van der Waals surface area contributed by atoms with Crippen LogP contribution >= 0.6 is 0 Å². The predicted molar refractivity (Wildman–Crippen MR) is 79.9 cm³/mol. The summed E-state index contributed by atoms with van der Waals surface area (Å²) in [6.07, 6.45) is 1.21. The molecule has 8 nitrogen and oxygen atoms in total. The summed E-state index contributed by atoms with van der Waals surface area (Å²) < 4.78 is 1.35. The highest BCUT2D eigenvalue weighted by Crippen LogP contribution is 2.29. The average Bonchev–Trinajstić information content (AvgIpc) is 2.75. The van der Waals surface area contributed by atoms with Crippen LogP contribution in [-0.2, 0) is 0 Å². The van der Waals surface area contributed by atoms with Crippen LogP contribution in [-0.4, -0.2) is 24.5 Å². The second kappa shape index (κ2) is 4.76. The van der Waals surface area contributed by atoms with Gasteiger partial charge in [-0.25, -0.2) is 14.5 Å². The molecule has 3 rings (SSSR count). The number of hydrogen-bond acceptors (Lipinski definition) is 5. The van der Waals surface area contributed by atoms with Crippen LogP contribution in [0.1, 0.15) is 17.0 Å². The monoisotopic (exact) mass is 299 g/mol. The van der Waals surface area contributed by atoms with E-state index in [4.69, 9.17) is 0 Å². The van der Waals surface area contributed by atoms with Gasteiger partial charge in [-0.3, -0.25) is 20.0 Å². The molecule has 3 heterocycles. The van der Waals surface area contributed by atoms with Crippen molar-refractivity contribution in [1.82, 2.24) is 19.6 Å². The van der Waals surface area contributed by atoms with E-state index in [9.17, 15) is 14.9 Å². The first-order chi connectivity index (χ1) is 10.4. The number of nitro groups is 1. The Balaban J connectivity index is 2.33. The topological polar surface area (TPSA) is 106 Å². The maximum Gasteiger partial charge on any atom is 0.287 e. The van der Waals surface area contributed by atoms with E-state index >= 15 is 0 Å². The highest BCUT2D eigenvalue weighted by molar-refractivity contribution is 5.79. The minimum Gasteiger partial charge on any atom is -0.293 e. The first kappa shape index (κ1) is 13.9. The second-order valence-electron chi connectivity index (χ2n) is 5.12. The lowest BCUT2D eigenvalue weighted by molar-refractivity contribution is -0.385. The van der Waals surface area contributed by atoms with Crippen LogP contribution in [0.4, 0.5) is 5.69 Å². The quantitative estimate of drug-likeness (QED) is 0.574. The number of hydrogen-bond donors (Lipinski definition) is 1. The average molecular weight is 299 g/mol. The molecule has 0 unspecified atom stereocenters. The molecule has 3 aromatic rings. The number of rotatable bonds is 2. The number of pyridine rings is 1. The van der Waals surface area contributed by atoms with E-state index in [-0.39, 0.29) is 11.2 Å². The van der Waals surface area contributed by atoms with Crippen molar-refractivity contribution in [2.45, 2.75) is 20.8 Å². The third kappa shape index (κ3) is 2.05. The number of aromatic nitrogens is 4. The van der Waals surface area contributed by atoms with Gasteiger partial charge in [-0.1, -0.05) is 0 Å². The molecule has 0 aliphatic rings. The van der Waals surface area contributed by atoms with Gasteiger partial charge >= 0.3 is 0 Å². The van der Waals surface area contributed by atoms with Gasteiger partial charge in [0.2, 0.25) is 0 Å². The molecule has 22 heavy (non-hydrogen) atoms. The van der Waals surface area contributed by atoms with E-state index in [0.29, 0.717) is 28.2 Å². The number of fused-ring (bicyclic) bond motifs is 1. The SMILES string of the molecule is Cc1cc(=O)n2[nH]c(C)c(-c3ncc([N+](=O)[O-])cc3C)c2n1.